The molecule has 1 aliphatic rings. The molecule has 20 heavy (non-hydrogen) atoms. The van der Waals surface area contributed by atoms with Gasteiger partial charge in [0.2, 0.25) is 0 Å². The van der Waals surface area contributed by atoms with E-state index in [9.17, 15) is 4.79 Å². The van der Waals surface area contributed by atoms with Gasteiger partial charge in [0.1, 0.15) is 0 Å². The summed E-state index contributed by atoms with van der Waals surface area (Å²) in [5.74, 6) is 0.653. The predicted molar refractivity (Wildman–Crippen MR) is 80.0 cm³/mol. The number of aromatic nitrogens is 1. The molecule has 1 aliphatic heterocycles. The van der Waals surface area contributed by atoms with Gasteiger partial charge in [0.25, 0.3) is 0 Å². The van der Waals surface area contributed by atoms with Crippen molar-refractivity contribution in [3.8, 4) is 0 Å². The van der Waals surface area contributed by atoms with Gasteiger partial charge in [-0.05, 0) is 24.5 Å². The van der Waals surface area contributed by atoms with E-state index in [1.54, 1.807) is 6.07 Å². The Balaban J connectivity index is 1.62. The quantitative estimate of drug-likeness (QED) is 0.841. The lowest BCUT2D eigenvalue weighted by atomic mass is 10.1. The topological polar surface area (TPSA) is 43.3 Å². The number of nitrogens with one attached hydrogen (secondary N) is 1. The van der Waals surface area contributed by atoms with Crippen LogP contribution >= 0.6 is 0 Å². The smallest absolute Gasteiger partial charge is 0.189 e. The summed E-state index contributed by atoms with van der Waals surface area (Å²) in [5, 5.41) is 4.27. The summed E-state index contributed by atoms with van der Waals surface area (Å²) in [4.78, 5) is 11.8. The summed E-state index contributed by atoms with van der Waals surface area (Å²) in [7, 11) is 0. The van der Waals surface area contributed by atoms with Crippen molar-refractivity contribution >= 4 is 10.9 Å². The highest BCUT2D eigenvalue weighted by Crippen LogP contribution is 2.11. The first kappa shape index (κ1) is 13.3. The Morgan fingerprint density at radius 2 is 2.20 bits per heavy atom. The number of hydrogen-bond donors (Lipinski definition) is 1. The van der Waals surface area contributed by atoms with Gasteiger partial charge in [-0.15, -0.1) is 0 Å². The van der Waals surface area contributed by atoms with E-state index in [1.807, 2.05) is 30.5 Å². The van der Waals surface area contributed by atoms with Crippen molar-refractivity contribution in [2.24, 2.45) is 5.92 Å². The van der Waals surface area contributed by atoms with E-state index in [4.69, 9.17) is 4.74 Å². The maximum absolute atomic E-state index is 11.8. The lowest BCUT2D eigenvalue weighted by Gasteiger charge is -2.13. The molecule has 4 nitrogen and oxygen atoms in total. The standard InChI is InChI=1S/C16H20N2O2/c19-16-5-8-18(15-4-2-1-3-14(15)16)9-7-17-11-13-6-10-20-12-13/h1-5,8,13,17H,6-7,9-12H2. The van der Waals surface area contributed by atoms with Crippen LogP contribution in [0.4, 0.5) is 0 Å². The second-order valence-corrected chi connectivity index (χ2v) is 5.32. The van der Waals surface area contributed by atoms with Gasteiger partial charge >= 0.3 is 0 Å². The molecule has 1 aromatic heterocycles. The van der Waals surface area contributed by atoms with Crippen molar-refractivity contribution in [2.75, 3.05) is 26.3 Å². The molecule has 0 saturated carbocycles. The van der Waals surface area contributed by atoms with Crippen LogP contribution in [0.25, 0.3) is 10.9 Å². The molecule has 3 rings (SSSR count). The minimum absolute atomic E-state index is 0.0907. The molecule has 1 N–H and O–H groups in total. The number of para-hydroxylation sites is 1. The van der Waals surface area contributed by atoms with Crippen molar-refractivity contribution in [1.82, 2.24) is 9.88 Å². The van der Waals surface area contributed by atoms with Crippen molar-refractivity contribution in [2.45, 2.75) is 13.0 Å². The van der Waals surface area contributed by atoms with Crippen molar-refractivity contribution in [1.29, 1.82) is 0 Å². The molecule has 4 heteroatoms. The second kappa shape index (κ2) is 6.20. The molecule has 0 aliphatic carbocycles. The van der Waals surface area contributed by atoms with Gasteiger partial charge in [-0.25, -0.2) is 0 Å². The van der Waals surface area contributed by atoms with Gasteiger partial charge < -0.3 is 14.6 Å². The summed E-state index contributed by atoms with van der Waals surface area (Å²) in [6.45, 7) is 4.57. The zero-order chi connectivity index (χ0) is 13.8. The zero-order valence-electron chi connectivity index (χ0n) is 11.5. The van der Waals surface area contributed by atoms with E-state index in [-0.39, 0.29) is 5.43 Å². The van der Waals surface area contributed by atoms with Gasteiger partial charge in [0.05, 0.1) is 12.1 Å². The highest BCUT2D eigenvalue weighted by Gasteiger charge is 2.14. The average Bonchev–Trinajstić information content (AvgIpc) is 2.99. The lowest BCUT2D eigenvalue weighted by Crippen LogP contribution is -2.26. The summed E-state index contributed by atoms with van der Waals surface area (Å²) in [5.41, 5.74) is 1.10. The van der Waals surface area contributed by atoms with Crippen LogP contribution in [0, 0.1) is 5.92 Å². The van der Waals surface area contributed by atoms with Crippen LogP contribution in [0.3, 0.4) is 0 Å². The molecule has 2 heterocycles. The summed E-state index contributed by atoms with van der Waals surface area (Å²) in [6, 6.07) is 9.42. The lowest BCUT2D eigenvalue weighted by molar-refractivity contribution is 0.185. The number of pyridine rings is 1. The monoisotopic (exact) mass is 272 g/mol. The molecule has 1 fully saturated rings. The first-order valence-corrected chi connectivity index (χ1v) is 7.21. The van der Waals surface area contributed by atoms with Crippen LogP contribution in [-0.2, 0) is 11.3 Å². The fourth-order valence-corrected chi connectivity index (χ4v) is 2.71. The van der Waals surface area contributed by atoms with E-state index in [1.165, 1.54) is 0 Å². The predicted octanol–water partition coefficient (Wildman–Crippen LogP) is 1.63. The Hall–Kier alpha value is -1.65. The van der Waals surface area contributed by atoms with Gasteiger partial charge in [-0.3, -0.25) is 4.79 Å². The third kappa shape index (κ3) is 2.92. The van der Waals surface area contributed by atoms with Gasteiger partial charge in [-0.1, -0.05) is 12.1 Å². The van der Waals surface area contributed by atoms with E-state index in [0.29, 0.717) is 5.92 Å². The maximum atomic E-state index is 11.8. The highest BCUT2D eigenvalue weighted by molar-refractivity contribution is 5.78. The molecule has 1 atom stereocenters. The van der Waals surface area contributed by atoms with E-state index in [2.05, 4.69) is 9.88 Å². The molecule has 1 unspecified atom stereocenters. The molecule has 2 aromatic rings. The normalized spacial score (nSPS) is 18.7. The summed E-state index contributed by atoms with van der Waals surface area (Å²) < 4.78 is 7.50. The summed E-state index contributed by atoms with van der Waals surface area (Å²) in [6.07, 6.45) is 3.04. The molecule has 1 saturated heterocycles. The van der Waals surface area contributed by atoms with Crippen molar-refractivity contribution in [3.05, 3.63) is 46.8 Å². The second-order valence-electron chi connectivity index (χ2n) is 5.32. The van der Waals surface area contributed by atoms with Crippen LogP contribution in [0.1, 0.15) is 6.42 Å². The Bertz CT molecular complexity index is 630. The van der Waals surface area contributed by atoms with Gasteiger partial charge in [0.15, 0.2) is 5.43 Å². The Morgan fingerprint density at radius 1 is 1.30 bits per heavy atom. The minimum Gasteiger partial charge on any atom is -0.381 e. The first-order chi connectivity index (χ1) is 9.84. The Morgan fingerprint density at radius 3 is 3.05 bits per heavy atom. The van der Waals surface area contributed by atoms with Crippen LogP contribution in [0.5, 0.6) is 0 Å². The SMILES string of the molecule is O=c1ccn(CCNCC2CCOC2)c2ccccc12. The number of nitrogens with zero attached hydrogens (tertiary/aromatic N) is 1. The first-order valence-electron chi connectivity index (χ1n) is 7.21. The zero-order valence-corrected chi connectivity index (χ0v) is 11.5. The number of rotatable bonds is 5. The number of ether oxygens (including phenoxy) is 1. The van der Waals surface area contributed by atoms with Crippen LogP contribution in [0.2, 0.25) is 0 Å². The van der Waals surface area contributed by atoms with Crippen molar-refractivity contribution in [3.63, 3.8) is 0 Å². The molecule has 0 radical (unpaired) electrons. The average molecular weight is 272 g/mol. The van der Waals surface area contributed by atoms with Crippen LogP contribution in [-0.4, -0.2) is 30.9 Å². The van der Waals surface area contributed by atoms with E-state index >= 15 is 0 Å². The maximum Gasteiger partial charge on any atom is 0.189 e. The number of fused-ring (bicyclic) bond motifs is 1. The van der Waals surface area contributed by atoms with E-state index < -0.39 is 0 Å². The van der Waals surface area contributed by atoms with Crippen molar-refractivity contribution < 1.29 is 4.74 Å². The van der Waals surface area contributed by atoms with E-state index in [0.717, 1.165) is 50.2 Å². The molecule has 0 bridgehead atoms. The molecule has 0 spiro atoms. The van der Waals surface area contributed by atoms with Gasteiger partial charge in [0, 0.05) is 43.9 Å². The Labute approximate surface area is 118 Å². The molecule has 0 amide bonds. The molecule has 1 aromatic carbocycles. The third-order valence-corrected chi connectivity index (χ3v) is 3.87. The molecular formula is C16H20N2O2. The minimum atomic E-state index is 0.0907. The molecule has 106 valence electrons. The number of hydrogen-bond acceptors (Lipinski definition) is 3. The largest absolute Gasteiger partial charge is 0.381 e. The third-order valence-electron chi connectivity index (χ3n) is 3.87. The van der Waals surface area contributed by atoms with Crippen LogP contribution in [0.15, 0.2) is 41.3 Å². The fourth-order valence-electron chi connectivity index (χ4n) is 2.71. The summed E-state index contributed by atoms with van der Waals surface area (Å²) >= 11 is 0. The molecular weight excluding hydrogens is 252 g/mol. The van der Waals surface area contributed by atoms with Gasteiger partial charge in [-0.2, -0.15) is 0 Å². The Kier molecular flexibility index (Phi) is 4.14. The fraction of sp³-hybridized carbons (Fsp3) is 0.438. The van der Waals surface area contributed by atoms with Crippen LogP contribution < -0.4 is 10.7 Å². The highest BCUT2D eigenvalue weighted by atomic mass is 16.5. The number of benzene rings is 1.